The zero-order valence-corrected chi connectivity index (χ0v) is 10.7. The Hall–Kier alpha value is -1.24. The van der Waals surface area contributed by atoms with Gasteiger partial charge < -0.3 is 4.57 Å². The van der Waals surface area contributed by atoms with Crippen LogP contribution in [0.4, 0.5) is 0 Å². The average molecular weight is 215 g/mol. The van der Waals surface area contributed by atoms with Crippen LogP contribution < -0.4 is 10.6 Å². The molecule has 1 heteroatoms. The van der Waals surface area contributed by atoms with Crippen LogP contribution in [0, 0.1) is 5.92 Å². The minimum Gasteiger partial charge on any atom is -0.347 e. The van der Waals surface area contributed by atoms with Crippen LogP contribution in [-0.2, 0) is 13.5 Å². The molecule has 1 aliphatic rings. The average Bonchev–Trinajstić information content (AvgIpc) is 2.52. The van der Waals surface area contributed by atoms with E-state index in [0.29, 0.717) is 5.92 Å². The van der Waals surface area contributed by atoms with Gasteiger partial charge in [0.25, 0.3) is 0 Å². The van der Waals surface area contributed by atoms with Crippen LogP contribution in [0.15, 0.2) is 6.08 Å². The Morgan fingerprint density at radius 1 is 1.38 bits per heavy atom. The van der Waals surface area contributed by atoms with Crippen molar-refractivity contribution in [1.82, 2.24) is 4.57 Å². The molecule has 0 unspecified atom stereocenters. The van der Waals surface area contributed by atoms with Gasteiger partial charge in [0.1, 0.15) is 0 Å². The summed E-state index contributed by atoms with van der Waals surface area (Å²) in [6.07, 6.45) is 11.5. The number of rotatable bonds is 1. The van der Waals surface area contributed by atoms with Crippen LogP contribution in [0.5, 0.6) is 0 Å². The lowest BCUT2D eigenvalue weighted by Gasteiger charge is -2.07. The summed E-state index contributed by atoms with van der Waals surface area (Å²) in [5, 5.41) is 2.79. The smallest absolute Gasteiger partial charge is 0.0439 e. The molecule has 0 N–H and O–H groups in total. The van der Waals surface area contributed by atoms with Crippen molar-refractivity contribution < 1.29 is 0 Å². The molecule has 0 saturated heterocycles. The molecule has 0 aliphatic heterocycles. The van der Waals surface area contributed by atoms with Crippen molar-refractivity contribution in [2.45, 2.75) is 33.6 Å². The topological polar surface area (TPSA) is 4.93 Å². The molecule has 0 spiro atoms. The summed E-state index contributed by atoms with van der Waals surface area (Å²) < 4.78 is 2.35. The molecule has 0 amide bonds. The lowest BCUT2D eigenvalue weighted by Crippen LogP contribution is -2.28. The van der Waals surface area contributed by atoms with Crippen molar-refractivity contribution in [2.24, 2.45) is 13.0 Å². The third-order valence-corrected chi connectivity index (χ3v) is 3.25. The Morgan fingerprint density at radius 2 is 2.12 bits per heavy atom. The van der Waals surface area contributed by atoms with Gasteiger partial charge in [0.2, 0.25) is 0 Å². The fourth-order valence-electron chi connectivity index (χ4n) is 2.57. The van der Waals surface area contributed by atoms with E-state index in [-0.39, 0.29) is 0 Å². The SMILES string of the molecule is C/C=c1\c(=C/C(C)C)c2c(n1C)CCC=C2. The first-order valence-electron chi connectivity index (χ1n) is 6.17. The Labute approximate surface area is 97.8 Å². The Balaban J connectivity index is 2.83. The minimum atomic E-state index is 0.598. The second-order valence-electron chi connectivity index (χ2n) is 4.86. The standard InChI is InChI=1S/C15H21N/c1-5-14-13(10-11(2)3)12-8-6-7-9-15(12)16(14)4/h5-6,8,10-11H,7,9H2,1-4H3/b13-10-,14-5+. The number of fused-ring (bicyclic) bond motifs is 1. The summed E-state index contributed by atoms with van der Waals surface area (Å²) in [4.78, 5) is 0. The van der Waals surface area contributed by atoms with Crippen molar-refractivity contribution in [3.8, 4) is 0 Å². The van der Waals surface area contributed by atoms with Gasteiger partial charge in [-0.05, 0) is 25.7 Å². The highest BCUT2D eigenvalue weighted by Crippen LogP contribution is 2.14. The summed E-state index contributed by atoms with van der Waals surface area (Å²) in [6, 6.07) is 0. The number of hydrogen-bond donors (Lipinski definition) is 0. The number of allylic oxidation sites excluding steroid dienone is 1. The summed E-state index contributed by atoms with van der Waals surface area (Å²) in [5.74, 6) is 0.598. The summed E-state index contributed by atoms with van der Waals surface area (Å²) in [6.45, 7) is 6.61. The van der Waals surface area contributed by atoms with Crippen molar-refractivity contribution in [1.29, 1.82) is 0 Å². The van der Waals surface area contributed by atoms with Crippen molar-refractivity contribution in [2.75, 3.05) is 0 Å². The highest BCUT2D eigenvalue weighted by atomic mass is 14.9. The van der Waals surface area contributed by atoms with Crippen LogP contribution in [0.3, 0.4) is 0 Å². The Kier molecular flexibility index (Phi) is 3.04. The van der Waals surface area contributed by atoms with E-state index in [4.69, 9.17) is 0 Å². The van der Waals surface area contributed by atoms with Gasteiger partial charge in [0.15, 0.2) is 0 Å². The molecule has 0 saturated carbocycles. The first kappa shape index (κ1) is 11.3. The molecule has 1 aromatic rings. The summed E-state index contributed by atoms with van der Waals surface area (Å²) in [7, 11) is 2.19. The van der Waals surface area contributed by atoms with E-state index in [1.807, 2.05) is 0 Å². The van der Waals surface area contributed by atoms with E-state index < -0.39 is 0 Å². The quantitative estimate of drug-likeness (QED) is 0.677. The van der Waals surface area contributed by atoms with Crippen LogP contribution in [0.1, 0.15) is 38.4 Å². The highest BCUT2D eigenvalue weighted by molar-refractivity contribution is 5.58. The predicted octanol–water partition coefficient (Wildman–Crippen LogP) is 2.22. The van der Waals surface area contributed by atoms with Crippen LogP contribution >= 0.6 is 0 Å². The molecule has 0 atom stereocenters. The normalized spacial score (nSPS) is 17.3. The molecule has 1 aromatic heterocycles. The zero-order chi connectivity index (χ0) is 11.7. The molecule has 1 aliphatic carbocycles. The molecule has 1 nitrogen and oxygen atoms in total. The lowest BCUT2D eigenvalue weighted by atomic mass is 10.0. The molecule has 16 heavy (non-hydrogen) atoms. The van der Waals surface area contributed by atoms with E-state index in [9.17, 15) is 0 Å². The Bertz CT molecular complexity index is 527. The third kappa shape index (κ3) is 1.75. The first-order valence-corrected chi connectivity index (χ1v) is 6.17. The molecule has 0 aromatic carbocycles. The number of aromatic nitrogens is 1. The van der Waals surface area contributed by atoms with Crippen LogP contribution in [-0.4, -0.2) is 4.57 Å². The molecule has 0 bridgehead atoms. The van der Waals surface area contributed by atoms with Crippen molar-refractivity contribution in [3.63, 3.8) is 0 Å². The Morgan fingerprint density at radius 3 is 2.75 bits per heavy atom. The van der Waals surface area contributed by atoms with Crippen molar-refractivity contribution >= 4 is 18.2 Å². The van der Waals surface area contributed by atoms with Gasteiger partial charge in [-0.3, -0.25) is 0 Å². The zero-order valence-electron chi connectivity index (χ0n) is 10.7. The van der Waals surface area contributed by atoms with Gasteiger partial charge in [0.05, 0.1) is 0 Å². The maximum atomic E-state index is 2.38. The van der Waals surface area contributed by atoms with Gasteiger partial charge in [0, 0.05) is 28.9 Å². The van der Waals surface area contributed by atoms with Gasteiger partial charge in [-0.15, -0.1) is 0 Å². The van der Waals surface area contributed by atoms with E-state index in [2.05, 4.69) is 56.7 Å². The molecule has 0 fully saturated rings. The van der Waals surface area contributed by atoms with Gasteiger partial charge >= 0.3 is 0 Å². The minimum absolute atomic E-state index is 0.598. The largest absolute Gasteiger partial charge is 0.347 e. The van der Waals surface area contributed by atoms with Crippen LogP contribution in [0.25, 0.3) is 18.2 Å². The molecular weight excluding hydrogens is 194 g/mol. The van der Waals surface area contributed by atoms with E-state index in [1.54, 1.807) is 0 Å². The number of hydrogen-bond acceptors (Lipinski definition) is 0. The lowest BCUT2D eigenvalue weighted by molar-refractivity contribution is 0.783. The molecule has 0 radical (unpaired) electrons. The molecule has 86 valence electrons. The van der Waals surface area contributed by atoms with Crippen LogP contribution in [0.2, 0.25) is 0 Å². The van der Waals surface area contributed by atoms with E-state index in [1.165, 1.54) is 34.7 Å². The highest BCUT2D eigenvalue weighted by Gasteiger charge is 2.12. The molecule has 1 heterocycles. The fraction of sp³-hybridized carbons (Fsp3) is 0.467. The van der Waals surface area contributed by atoms with E-state index >= 15 is 0 Å². The monoisotopic (exact) mass is 215 g/mol. The van der Waals surface area contributed by atoms with Crippen molar-refractivity contribution in [3.05, 3.63) is 27.9 Å². The fourth-order valence-corrected chi connectivity index (χ4v) is 2.57. The van der Waals surface area contributed by atoms with Gasteiger partial charge in [-0.2, -0.15) is 0 Å². The second-order valence-corrected chi connectivity index (χ2v) is 4.86. The summed E-state index contributed by atoms with van der Waals surface area (Å²) in [5.41, 5.74) is 2.93. The van der Waals surface area contributed by atoms with Gasteiger partial charge in [-0.25, -0.2) is 0 Å². The number of nitrogens with zero attached hydrogens (tertiary/aromatic N) is 1. The molecular formula is C15H21N. The third-order valence-electron chi connectivity index (χ3n) is 3.25. The maximum absolute atomic E-state index is 2.38. The summed E-state index contributed by atoms with van der Waals surface area (Å²) >= 11 is 0. The predicted molar refractivity (Wildman–Crippen MR) is 71.5 cm³/mol. The van der Waals surface area contributed by atoms with E-state index in [0.717, 1.165) is 0 Å². The van der Waals surface area contributed by atoms with Gasteiger partial charge in [-0.1, -0.05) is 38.2 Å². The first-order chi connectivity index (χ1) is 7.65. The second kappa shape index (κ2) is 4.32. The molecule has 2 rings (SSSR count). The maximum Gasteiger partial charge on any atom is 0.0439 e.